The van der Waals surface area contributed by atoms with Crippen LogP contribution in [-0.2, 0) is 11.3 Å². The smallest absolute Gasteiger partial charge is 0.410 e. The van der Waals surface area contributed by atoms with E-state index in [1.807, 2.05) is 13.8 Å². The van der Waals surface area contributed by atoms with Gasteiger partial charge in [0.1, 0.15) is 10.8 Å². The van der Waals surface area contributed by atoms with E-state index in [0.717, 1.165) is 4.57 Å². The van der Waals surface area contributed by atoms with Gasteiger partial charge in [-0.2, -0.15) is 0 Å². The zero-order chi connectivity index (χ0) is 27.4. The molecule has 0 aromatic carbocycles. The van der Waals surface area contributed by atoms with E-state index in [-0.39, 0.29) is 40.3 Å². The summed E-state index contributed by atoms with van der Waals surface area (Å²) in [5.41, 5.74) is -2.72. The van der Waals surface area contributed by atoms with Gasteiger partial charge in [-0.1, -0.05) is 37.0 Å². The van der Waals surface area contributed by atoms with Gasteiger partial charge in [0, 0.05) is 6.20 Å². The van der Waals surface area contributed by atoms with Gasteiger partial charge in [0.05, 0.1) is 41.6 Å². The molecule has 3 aromatic rings. The van der Waals surface area contributed by atoms with Crippen LogP contribution in [0.4, 0.5) is 9.18 Å². The van der Waals surface area contributed by atoms with Crippen LogP contribution in [0.25, 0.3) is 16.9 Å². The number of alkyl halides is 1. The van der Waals surface area contributed by atoms with E-state index in [2.05, 4.69) is 9.97 Å². The molecule has 4 heterocycles. The van der Waals surface area contributed by atoms with E-state index in [4.69, 9.17) is 27.9 Å². The highest BCUT2D eigenvalue weighted by Gasteiger charge is 2.48. The van der Waals surface area contributed by atoms with Crippen LogP contribution in [0.3, 0.4) is 0 Å². The van der Waals surface area contributed by atoms with Crippen LogP contribution in [0.1, 0.15) is 51.8 Å². The van der Waals surface area contributed by atoms with E-state index < -0.39 is 35.0 Å². The first-order chi connectivity index (χ1) is 17.1. The minimum absolute atomic E-state index is 0.0383. The first-order valence-electron chi connectivity index (χ1n) is 11.8. The summed E-state index contributed by atoms with van der Waals surface area (Å²) in [6, 6.07) is 3.11. The lowest BCUT2D eigenvalue weighted by Gasteiger charge is -2.44. The van der Waals surface area contributed by atoms with E-state index in [1.165, 1.54) is 15.5 Å². The summed E-state index contributed by atoms with van der Waals surface area (Å²) in [6.07, 6.45) is 0.970. The number of carbonyl (C=O) groups is 1. The highest BCUT2D eigenvalue weighted by atomic mass is 35.5. The Kier molecular flexibility index (Phi) is 6.87. The van der Waals surface area contributed by atoms with E-state index >= 15 is 4.39 Å². The Bertz CT molecular complexity index is 1520. The predicted molar refractivity (Wildman–Crippen MR) is 140 cm³/mol. The van der Waals surface area contributed by atoms with Gasteiger partial charge in [0.2, 0.25) is 0 Å². The van der Waals surface area contributed by atoms with E-state index in [0.29, 0.717) is 16.9 Å². The van der Waals surface area contributed by atoms with Gasteiger partial charge >= 0.3 is 17.2 Å². The van der Waals surface area contributed by atoms with Gasteiger partial charge in [0.25, 0.3) is 0 Å². The SMILES string of the molecule is Cc1ccnc(C(C)C)c1-n1c(=O)c(=O)n(CC2(F)CN(C(=O)OC(C)(C)C)C2)c2cc(Cl)c(Cl)nc21. The van der Waals surface area contributed by atoms with Crippen molar-refractivity contribution in [2.24, 2.45) is 0 Å². The number of ether oxygens (including phenoxy) is 1. The lowest BCUT2D eigenvalue weighted by atomic mass is 9.96. The average Bonchev–Trinajstić information content (AvgIpc) is 2.76. The molecule has 0 saturated carbocycles. The Hall–Kier alpha value is -2.98. The molecule has 12 heteroatoms. The molecule has 1 aliphatic rings. The molecular formula is C25H28Cl2FN5O4. The minimum Gasteiger partial charge on any atom is -0.444 e. The molecule has 4 rings (SSSR count). The van der Waals surface area contributed by atoms with Crippen LogP contribution < -0.4 is 11.1 Å². The summed E-state index contributed by atoms with van der Waals surface area (Å²) in [5.74, 6) is -0.0787. The molecule has 1 amide bonds. The van der Waals surface area contributed by atoms with Crippen molar-refractivity contribution in [3.8, 4) is 5.69 Å². The largest absolute Gasteiger partial charge is 0.444 e. The molecule has 3 aromatic heterocycles. The van der Waals surface area contributed by atoms with Gasteiger partial charge in [-0.15, -0.1) is 0 Å². The van der Waals surface area contributed by atoms with Crippen molar-refractivity contribution in [2.75, 3.05) is 13.1 Å². The Morgan fingerprint density at radius 3 is 2.46 bits per heavy atom. The molecule has 37 heavy (non-hydrogen) atoms. The van der Waals surface area contributed by atoms with Crippen LogP contribution in [-0.4, -0.2) is 54.5 Å². The fourth-order valence-electron chi connectivity index (χ4n) is 4.35. The Labute approximate surface area is 222 Å². The minimum atomic E-state index is -1.97. The summed E-state index contributed by atoms with van der Waals surface area (Å²) in [4.78, 5) is 49.2. The highest BCUT2D eigenvalue weighted by molar-refractivity contribution is 6.41. The van der Waals surface area contributed by atoms with Crippen LogP contribution in [0, 0.1) is 6.92 Å². The second-order valence-electron chi connectivity index (χ2n) is 10.6. The number of likely N-dealkylation sites (tertiary alicyclic amines) is 1. The third-order valence-corrected chi connectivity index (χ3v) is 6.67. The second kappa shape index (κ2) is 9.40. The van der Waals surface area contributed by atoms with Gasteiger partial charge in [-0.3, -0.25) is 23.7 Å². The normalized spacial score (nSPS) is 15.2. The summed E-state index contributed by atoms with van der Waals surface area (Å²) in [6.45, 7) is 9.67. The first-order valence-corrected chi connectivity index (χ1v) is 12.5. The third kappa shape index (κ3) is 5.09. The van der Waals surface area contributed by atoms with Crippen molar-refractivity contribution in [3.05, 3.63) is 60.5 Å². The van der Waals surface area contributed by atoms with Crippen molar-refractivity contribution >= 4 is 40.5 Å². The maximum absolute atomic E-state index is 15.7. The number of carbonyl (C=O) groups excluding carboxylic acids is 1. The number of rotatable bonds is 4. The summed E-state index contributed by atoms with van der Waals surface area (Å²) < 4.78 is 23.2. The molecule has 0 atom stereocenters. The van der Waals surface area contributed by atoms with Crippen molar-refractivity contribution < 1.29 is 13.9 Å². The molecular weight excluding hydrogens is 524 g/mol. The average molecular weight is 552 g/mol. The van der Waals surface area contributed by atoms with E-state index in [9.17, 15) is 14.4 Å². The third-order valence-electron chi connectivity index (χ3n) is 5.99. The maximum Gasteiger partial charge on any atom is 0.410 e. The number of aromatic nitrogens is 4. The molecule has 0 aliphatic carbocycles. The van der Waals surface area contributed by atoms with Crippen molar-refractivity contribution in [3.63, 3.8) is 0 Å². The lowest BCUT2D eigenvalue weighted by molar-refractivity contribution is -0.0578. The van der Waals surface area contributed by atoms with Gasteiger partial charge in [-0.05, 0) is 51.3 Å². The summed E-state index contributed by atoms with van der Waals surface area (Å²) in [7, 11) is 0. The molecule has 0 radical (unpaired) electrons. The molecule has 0 N–H and O–H groups in total. The zero-order valence-electron chi connectivity index (χ0n) is 21.4. The van der Waals surface area contributed by atoms with Gasteiger partial charge in [0.15, 0.2) is 11.3 Å². The topological polar surface area (TPSA) is 99.3 Å². The molecule has 0 unspecified atom stereocenters. The Morgan fingerprint density at radius 2 is 1.86 bits per heavy atom. The maximum atomic E-state index is 15.7. The van der Waals surface area contributed by atoms with Crippen LogP contribution >= 0.6 is 23.2 Å². The number of amides is 1. The first kappa shape index (κ1) is 27.1. The number of fused-ring (bicyclic) bond motifs is 1. The number of pyridine rings is 2. The molecule has 0 spiro atoms. The monoisotopic (exact) mass is 551 g/mol. The van der Waals surface area contributed by atoms with Crippen LogP contribution in [0.15, 0.2) is 27.9 Å². The summed E-state index contributed by atoms with van der Waals surface area (Å²) in [5, 5.41) is -0.0359. The zero-order valence-corrected chi connectivity index (χ0v) is 22.9. The highest BCUT2D eigenvalue weighted by Crippen LogP contribution is 2.32. The quantitative estimate of drug-likeness (QED) is 0.346. The molecule has 198 valence electrons. The van der Waals surface area contributed by atoms with Crippen molar-refractivity contribution in [2.45, 2.75) is 65.3 Å². The number of halogens is 3. The lowest BCUT2D eigenvalue weighted by Crippen LogP contribution is -2.64. The molecule has 9 nitrogen and oxygen atoms in total. The molecule has 1 fully saturated rings. The molecule has 1 aliphatic heterocycles. The standard InChI is InChI=1S/C25H28Cl2FN5O4/c1-13(2)17-18(14(3)7-8-29-17)33-20-16(9-15(26)19(27)30-20)32(21(34)22(33)35)12-25(28)10-31(11-25)23(36)37-24(4,5)6/h7-9,13H,10-12H2,1-6H3. The van der Waals surface area contributed by atoms with Crippen LogP contribution in [0.5, 0.6) is 0 Å². The fourth-order valence-corrected chi connectivity index (χ4v) is 4.63. The predicted octanol–water partition coefficient (Wildman–Crippen LogP) is 4.64. The number of aryl methyl sites for hydroxylation is 1. The number of hydrogen-bond acceptors (Lipinski definition) is 6. The van der Waals surface area contributed by atoms with Crippen molar-refractivity contribution in [1.29, 1.82) is 0 Å². The van der Waals surface area contributed by atoms with Gasteiger partial charge < -0.3 is 9.64 Å². The van der Waals surface area contributed by atoms with Gasteiger partial charge in [-0.25, -0.2) is 14.2 Å². The van der Waals surface area contributed by atoms with Crippen LogP contribution in [0.2, 0.25) is 10.2 Å². The Balaban J connectivity index is 1.86. The Morgan fingerprint density at radius 1 is 1.22 bits per heavy atom. The summed E-state index contributed by atoms with van der Waals surface area (Å²) >= 11 is 12.5. The van der Waals surface area contributed by atoms with Crippen molar-refractivity contribution in [1.82, 2.24) is 24.0 Å². The molecule has 0 bridgehead atoms. The molecule has 1 saturated heterocycles. The second-order valence-corrected chi connectivity index (χ2v) is 11.4. The number of nitrogens with zero attached hydrogens (tertiary/aromatic N) is 5. The van der Waals surface area contributed by atoms with E-state index in [1.54, 1.807) is 40.0 Å². The number of hydrogen-bond donors (Lipinski definition) is 0. The fraction of sp³-hybridized carbons (Fsp3) is 0.480.